The molecule has 0 unspecified atom stereocenters. The van der Waals surface area contributed by atoms with E-state index >= 15 is 0 Å². The molecule has 0 saturated heterocycles. The summed E-state index contributed by atoms with van der Waals surface area (Å²) in [6.07, 6.45) is 1.72. The van der Waals surface area contributed by atoms with Gasteiger partial charge in [-0.3, -0.25) is 4.79 Å². The molecule has 1 nitrogen and oxygen atoms in total. The highest BCUT2D eigenvalue weighted by Crippen LogP contribution is 2.06. The van der Waals surface area contributed by atoms with Crippen LogP contribution >= 0.6 is 0 Å². The number of hydrogen-bond acceptors (Lipinski definition) is 1. The molecule has 0 aliphatic rings. The molecule has 0 N–H and O–H groups in total. The van der Waals surface area contributed by atoms with Gasteiger partial charge in [0.15, 0.2) is 5.43 Å². The van der Waals surface area contributed by atoms with E-state index in [-0.39, 0.29) is 5.43 Å². The number of rotatable bonds is 3. The first-order chi connectivity index (χ1) is 8.25. The summed E-state index contributed by atoms with van der Waals surface area (Å²) in [5, 5.41) is 0. The van der Waals surface area contributed by atoms with Crippen LogP contribution in [0.25, 0.3) is 0 Å². The Balaban J connectivity index is 2.10. The standard InChI is InChI=1S/C16H16O/c1-13-7-9-14(10-8-13)11-12-15-5-3-2-4-6-16(15)17/h2-10H,11-12H2,1H3. The third kappa shape index (κ3) is 3.28. The minimum Gasteiger partial charge on any atom is -0.290 e. The van der Waals surface area contributed by atoms with Crippen molar-refractivity contribution in [3.8, 4) is 0 Å². The van der Waals surface area contributed by atoms with Crippen LogP contribution in [-0.4, -0.2) is 0 Å². The number of benzene rings is 1. The van der Waals surface area contributed by atoms with Crippen LogP contribution in [0, 0.1) is 6.92 Å². The quantitative estimate of drug-likeness (QED) is 0.782. The van der Waals surface area contributed by atoms with Gasteiger partial charge in [-0.1, -0.05) is 54.1 Å². The van der Waals surface area contributed by atoms with Gasteiger partial charge in [0.1, 0.15) is 0 Å². The summed E-state index contributed by atoms with van der Waals surface area (Å²) in [6.45, 7) is 2.08. The van der Waals surface area contributed by atoms with Crippen molar-refractivity contribution in [1.29, 1.82) is 0 Å². The smallest absolute Gasteiger partial charge is 0.181 e. The Hall–Kier alpha value is -1.89. The Kier molecular flexibility index (Phi) is 3.71. The van der Waals surface area contributed by atoms with Crippen molar-refractivity contribution in [2.75, 3.05) is 0 Å². The van der Waals surface area contributed by atoms with Gasteiger partial charge in [-0.2, -0.15) is 0 Å². The van der Waals surface area contributed by atoms with Crippen molar-refractivity contribution < 1.29 is 0 Å². The predicted octanol–water partition coefficient (Wildman–Crippen LogP) is 3.14. The Bertz CT molecular complexity index is 541. The zero-order chi connectivity index (χ0) is 12.1. The van der Waals surface area contributed by atoms with Crippen LogP contribution < -0.4 is 5.43 Å². The summed E-state index contributed by atoms with van der Waals surface area (Å²) in [7, 11) is 0. The Morgan fingerprint density at radius 1 is 0.824 bits per heavy atom. The van der Waals surface area contributed by atoms with Crippen molar-refractivity contribution >= 4 is 0 Å². The molecule has 0 radical (unpaired) electrons. The lowest BCUT2D eigenvalue weighted by Gasteiger charge is -2.00. The zero-order valence-electron chi connectivity index (χ0n) is 10.0. The van der Waals surface area contributed by atoms with Crippen molar-refractivity contribution in [3.63, 3.8) is 0 Å². The van der Waals surface area contributed by atoms with Crippen LogP contribution in [0.3, 0.4) is 0 Å². The molecular weight excluding hydrogens is 208 g/mol. The van der Waals surface area contributed by atoms with Crippen LogP contribution in [-0.2, 0) is 12.8 Å². The molecule has 0 atom stereocenters. The molecule has 0 aromatic heterocycles. The van der Waals surface area contributed by atoms with Crippen LogP contribution in [0.5, 0.6) is 0 Å². The summed E-state index contributed by atoms with van der Waals surface area (Å²) in [5.74, 6) is 0. The van der Waals surface area contributed by atoms with E-state index in [4.69, 9.17) is 0 Å². The van der Waals surface area contributed by atoms with Gasteiger partial charge in [0.05, 0.1) is 0 Å². The van der Waals surface area contributed by atoms with E-state index in [0.717, 1.165) is 18.4 Å². The summed E-state index contributed by atoms with van der Waals surface area (Å²) < 4.78 is 0. The lowest BCUT2D eigenvalue weighted by molar-refractivity contribution is 0.952. The predicted molar refractivity (Wildman–Crippen MR) is 71.3 cm³/mol. The van der Waals surface area contributed by atoms with Crippen LogP contribution in [0.15, 0.2) is 59.4 Å². The van der Waals surface area contributed by atoms with Crippen LogP contribution in [0.2, 0.25) is 0 Å². The molecule has 0 aliphatic heterocycles. The first kappa shape index (κ1) is 11.6. The maximum Gasteiger partial charge on any atom is 0.181 e. The van der Waals surface area contributed by atoms with Gasteiger partial charge in [-0.05, 0) is 37.0 Å². The molecule has 17 heavy (non-hydrogen) atoms. The lowest BCUT2D eigenvalue weighted by Crippen LogP contribution is -2.05. The SMILES string of the molecule is Cc1ccc(CCc2cccccc2=O)cc1. The van der Waals surface area contributed by atoms with E-state index in [0.29, 0.717) is 0 Å². The summed E-state index contributed by atoms with van der Waals surface area (Å²) in [6, 6.07) is 17.6. The second kappa shape index (κ2) is 5.44. The molecule has 0 spiro atoms. The van der Waals surface area contributed by atoms with Crippen molar-refractivity contribution in [2.45, 2.75) is 19.8 Å². The fourth-order valence-electron chi connectivity index (χ4n) is 1.81. The highest BCUT2D eigenvalue weighted by atomic mass is 16.1. The Morgan fingerprint density at radius 3 is 2.29 bits per heavy atom. The molecular formula is C16H16O. The number of aryl methyl sites for hydroxylation is 3. The maximum atomic E-state index is 11.7. The van der Waals surface area contributed by atoms with Gasteiger partial charge in [-0.15, -0.1) is 0 Å². The molecule has 0 bridgehead atoms. The molecule has 0 heterocycles. The zero-order valence-corrected chi connectivity index (χ0v) is 10.0. The average molecular weight is 224 g/mol. The van der Waals surface area contributed by atoms with E-state index in [1.165, 1.54) is 11.1 Å². The number of hydrogen-bond donors (Lipinski definition) is 0. The minimum absolute atomic E-state index is 0.127. The van der Waals surface area contributed by atoms with Gasteiger partial charge < -0.3 is 0 Å². The molecule has 0 amide bonds. The van der Waals surface area contributed by atoms with Gasteiger partial charge in [-0.25, -0.2) is 0 Å². The van der Waals surface area contributed by atoms with Crippen molar-refractivity contribution in [2.24, 2.45) is 0 Å². The molecule has 0 aliphatic carbocycles. The summed E-state index contributed by atoms with van der Waals surface area (Å²) >= 11 is 0. The van der Waals surface area contributed by atoms with Gasteiger partial charge in [0, 0.05) is 0 Å². The average Bonchev–Trinajstić information content (AvgIpc) is 2.54. The Morgan fingerprint density at radius 2 is 1.53 bits per heavy atom. The van der Waals surface area contributed by atoms with E-state index in [1.807, 2.05) is 18.2 Å². The highest BCUT2D eigenvalue weighted by Gasteiger charge is 1.98. The topological polar surface area (TPSA) is 17.1 Å². The second-order valence-corrected chi connectivity index (χ2v) is 4.29. The third-order valence-electron chi connectivity index (χ3n) is 2.89. The van der Waals surface area contributed by atoms with E-state index in [1.54, 1.807) is 12.1 Å². The van der Waals surface area contributed by atoms with E-state index < -0.39 is 0 Å². The highest BCUT2D eigenvalue weighted by molar-refractivity contribution is 5.23. The molecule has 2 rings (SSSR count). The van der Waals surface area contributed by atoms with Crippen molar-refractivity contribution in [1.82, 2.24) is 0 Å². The summed E-state index contributed by atoms with van der Waals surface area (Å²) in [4.78, 5) is 11.7. The minimum atomic E-state index is 0.127. The lowest BCUT2D eigenvalue weighted by atomic mass is 10.0. The van der Waals surface area contributed by atoms with Gasteiger partial charge in [0.2, 0.25) is 0 Å². The fourth-order valence-corrected chi connectivity index (χ4v) is 1.81. The summed E-state index contributed by atoms with van der Waals surface area (Å²) in [5.41, 5.74) is 3.56. The first-order valence-corrected chi connectivity index (χ1v) is 5.89. The van der Waals surface area contributed by atoms with Crippen molar-refractivity contribution in [3.05, 3.63) is 81.5 Å². The van der Waals surface area contributed by atoms with E-state index in [2.05, 4.69) is 31.2 Å². The first-order valence-electron chi connectivity index (χ1n) is 5.89. The van der Waals surface area contributed by atoms with E-state index in [9.17, 15) is 4.79 Å². The molecule has 0 saturated carbocycles. The largest absolute Gasteiger partial charge is 0.290 e. The van der Waals surface area contributed by atoms with Crippen LogP contribution in [0.4, 0.5) is 0 Å². The maximum absolute atomic E-state index is 11.7. The molecule has 1 heteroatoms. The second-order valence-electron chi connectivity index (χ2n) is 4.29. The third-order valence-corrected chi connectivity index (χ3v) is 2.89. The molecule has 86 valence electrons. The fraction of sp³-hybridized carbons (Fsp3) is 0.188. The molecule has 2 aromatic carbocycles. The molecule has 0 fully saturated rings. The monoisotopic (exact) mass is 224 g/mol. The normalized spacial score (nSPS) is 10.2. The molecule has 2 aromatic rings. The van der Waals surface area contributed by atoms with Crippen LogP contribution in [0.1, 0.15) is 16.7 Å². The van der Waals surface area contributed by atoms with Gasteiger partial charge >= 0.3 is 0 Å². The Labute approximate surface area is 102 Å². The van der Waals surface area contributed by atoms with Gasteiger partial charge in [0.25, 0.3) is 0 Å².